The predicted octanol–water partition coefficient (Wildman–Crippen LogP) is 6.51. The number of nitrogens with one attached hydrogen (secondary N) is 1. The topological polar surface area (TPSA) is 71.4 Å². The maximum atomic E-state index is 12.7. The molecule has 5 nitrogen and oxygen atoms in total. The standard InChI is InChI=1S/C28H25ClN2O3/c1-4-9-21-14-20(15-23(17-30)28(32)31-25-13-8-5-10-19(25)2)16-26(33-3)27(21)34-18-22-11-6-7-12-24(22)29/h4-8,10-16H,1,9,18H2,2-3H3,(H,31,32)/b23-15+. The van der Waals surface area contributed by atoms with Gasteiger partial charge in [-0.25, -0.2) is 0 Å². The van der Waals surface area contributed by atoms with Crippen LogP contribution in [0.3, 0.4) is 0 Å². The van der Waals surface area contributed by atoms with Crippen LogP contribution in [0.25, 0.3) is 6.08 Å². The maximum Gasteiger partial charge on any atom is 0.266 e. The Balaban J connectivity index is 1.92. The highest BCUT2D eigenvalue weighted by Gasteiger charge is 2.16. The number of carbonyl (C=O) groups is 1. The number of allylic oxidation sites excluding steroid dienone is 1. The molecule has 0 heterocycles. The zero-order valence-corrected chi connectivity index (χ0v) is 19.9. The summed E-state index contributed by atoms with van der Waals surface area (Å²) in [5, 5.41) is 13.0. The molecular formula is C28H25ClN2O3. The van der Waals surface area contributed by atoms with E-state index in [0.717, 1.165) is 16.7 Å². The Morgan fingerprint density at radius 2 is 1.88 bits per heavy atom. The van der Waals surface area contributed by atoms with Gasteiger partial charge in [0.15, 0.2) is 11.5 Å². The molecule has 0 aliphatic heterocycles. The average molecular weight is 473 g/mol. The van der Waals surface area contributed by atoms with E-state index in [1.807, 2.05) is 55.5 Å². The largest absolute Gasteiger partial charge is 0.493 e. The van der Waals surface area contributed by atoms with Crippen LogP contribution in [-0.4, -0.2) is 13.0 Å². The van der Waals surface area contributed by atoms with Gasteiger partial charge in [-0.15, -0.1) is 6.58 Å². The van der Waals surface area contributed by atoms with Gasteiger partial charge in [-0.2, -0.15) is 5.26 Å². The van der Waals surface area contributed by atoms with Crippen molar-refractivity contribution in [3.63, 3.8) is 0 Å². The fraction of sp³-hybridized carbons (Fsp3) is 0.143. The number of nitrogens with zero attached hydrogens (tertiary/aromatic N) is 1. The smallest absolute Gasteiger partial charge is 0.266 e. The van der Waals surface area contributed by atoms with E-state index >= 15 is 0 Å². The molecule has 0 fully saturated rings. The number of ether oxygens (including phenoxy) is 2. The lowest BCUT2D eigenvalue weighted by Crippen LogP contribution is -2.14. The summed E-state index contributed by atoms with van der Waals surface area (Å²) in [5.41, 5.74) is 3.82. The molecule has 34 heavy (non-hydrogen) atoms. The summed E-state index contributed by atoms with van der Waals surface area (Å²) in [4.78, 5) is 12.7. The van der Waals surface area contributed by atoms with Crippen molar-refractivity contribution in [1.29, 1.82) is 5.26 Å². The van der Waals surface area contributed by atoms with Crippen LogP contribution >= 0.6 is 11.6 Å². The van der Waals surface area contributed by atoms with Crippen molar-refractivity contribution in [1.82, 2.24) is 0 Å². The molecule has 3 aromatic carbocycles. The number of halogens is 1. The second-order valence-corrected chi connectivity index (χ2v) is 7.93. The maximum absolute atomic E-state index is 12.7. The second kappa shape index (κ2) is 11.7. The molecule has 1 amide bonds. The van der Waals surface area contributed by atoms with Gasteiger partial charge in [-0.3, -0.25) is 4.79 Å². The van der Waals surface area contributed by atoms with Crippen LogP contribution in [0.2, 0.25) is 5.02 Å². The molecule has 3 aromatic rings. The van der Waals surface area contributed by atoms with E-state index in [1.54, 1.807) is 31.4 Å². The first kappa shape index (κ1) is 24.6. The van der Waals surface area contributed by atoms with Crippen molar-refractivity contribution in [3.8, 4) is 17.6 Å². The minimum Gasteiger partial charge on any atom is -0.493 e. The van der Waals surface area contributed by atoms with Crippen molar-refractivity contribution in [2.45, 2.75) is 20.0 Å². The predicted molar refractivity (Wildman–Crippen MR) is 136 cm³/mol. The minimum absolute atomic E-state index is 0.0282. The number of methoxy groups -OCH3 is 1. The quantitative estimate of drug-likeness (QED) is 0.219. The van der Waals surface area contributed by atoms with Crippen molar-refractivity contribution in [2.75, 3.05) is 12.4 Å². The van der Waals surface area contributed by atoms with Crippen molar-refractivity contribution < 1.29 is 14.3 Å². The molecule has 0 saturated heterocycles. The van der Waals surface area contributed by atoms with Crippen molar-refractivity contribution in [2.24, 2.45) is 0 Å². The minimum atomic E-state index is -0.486. The number of nitriles is 1. The number of rotatable bonds is 9. The van der Waals surface area contributed by atoms with Gasteiger partial charge in [0.1, 0.15) is 18.2 Å². The number of hydrogen-bond donors (Lipinski definition) is 1. The van der Waals surface area contributed by atoms with Crippen LogP contribution in [0.4, 0.5) is 5.69 Å². The SMILES string of the molecule is C=CCc1cc(/C=C(\C#N)C(=O)Nc2ccccc2C)cc(OC)c1OCc1ccccc1Cl. The fourth-order valence-corrected chi connectivity index (χ4v) is 3.56. The molecule has 6 heteroatoms. The lowest BCUT2D eigenvalue weighted by Gasteiger charge is -2.16. The third-order valence-corrected chi connectivity index (χ3v) is 5.51. The molecule has 0 spiro atoms. The van der Waals surface area contributed by atoms with E-state index in [4.69, 9.17) is 21.1 Å². The highest BCUT2D eigenvalue weighted by atomic mass is 35.5. The highest BCUT2D eigenvalue weighted by Crippen LogP contribution is 2.35. The first-order chi connectivity index (χ1) is 16.5. The van der Waals surface area contributed by atoms with Crippen LogP contribution in [-0.2, 0) is 17.8 Å². The van der Waals surface area contributed by atoms with E-state index in [0.29, 0.717) is 34.2 Å². The fourth-order valence-electron chi connectivity index (χ4n) is 3.37. The Kier molecular flexibility index (Phi) is 8.50. The zero-order chi connectivity index (χ0) is 24.5. The number of hydrogen-bond acceptors (Lipinski definition) is 4. The lowest BCUT2D eigenvalue weighted by atomic mass is 10.0. The first-order valence-electron chi connectivity index (χ1n) is 10.6. The molecule has 0 aromatic heterocycles. The van der Waals surface area contributed by atoms with Gasteiger partial charge in [0, 0.05) is 21.8 Å². The summed E-state index contributed by atoms with van der Waals surface area (Å²) in [6, 6.07) is 20.4. The van der Waals surface area contributed by atoms with Gasteiger partial charge >= 0.3 is 0 Å². The molecule has 0 aliphatic carbocycles. The van der Waals surface area contributed by atoms with E-state index in [9.17, 15) is 10.1 Å². The molecule has 0 atom stereocenters. The number of carbonyl (C=O) groups excluding carboxylic acids is 1. The molecule has 3 rings (SSSR count). The Labute approximate surface area is 204 Å². The van der Waals surface area contributed by atoms with Crippen LogP contribution in [0.1, 0.15) is 22.3 Å². The first-order valence-corrected chi connectivity index (χ1v) is 11.0. The number of benzene rings is 3. The molecule has 0 bridgehead atoms. The van der Waals surface area contributed by atoms with Crippen LogP contribution in [0, 0.1) is 18.3 Å². The van der Waals surface area contributed by atoms with E-state index in [1.165, 1.54) is 6.08 Å². The van der Waals surface area contributed by atoms with Gasteiger partial charge < -0.3 is 14.8 Å². The van der Waals surface area contributed by atoms with Crippen molar-refractivity contribution >= 4 is 29.3 Å². The molecule has 172 valence electrons. The van der Waals surface area contributed by atoms with Gasteiger partial charge in [0.25, 0.3) is 5.91 Å². The number of aryl methyl sites for hydroxylation is 1. The molecule has 0 aliphatic rings. The van der Waals surface area contributed by atoms with Gasteiger partial charge in [0.05, 0.1) is 7.11 Å². The Morgan fingerprint density at radius 3 is 2.56 bits per heavy atom. The average Bonchev–Trinajstić information content (AvgIpc) is 2.84. The lowest BCUT2D eigenvalue weighted by molar-refractivity contribution is -0.112. The Bertz CT molecular complexity index is 1270. The number of para-hydroxylation sites is 1. The molecule has 0 unspecified atom stereocenters. The summed E-state index contributed by atoms with van der Waals surface area (Å²) >= 11 is 6.26. The number of amides is 1. The third-order valence-electron chi connectivity index (χ3n) is 5.14. The Morgan fingerprint density at radius 1 is 1.15 bits per heavy atom. The summed E-state index contributed by atoms with van der Waals surface area (Å²) in [7, 11) is 1.54. The molecular weight excluding hydrogens is 448 g/mol. The molecule has 0 saturated carbocycles. The second-order valence-electron chi connectivity index (χ2n) is 7.52. The normalized spacial score (nSPS) is 10.8. The molecule has 1 N–H and O–H groups in total. The van der Waals surface area contributed by atoms with Crippen LogP contribution in [0.5, 0.6) is 11.5 Å². The zero-order valence-electron chi connectivity index (χ0n) is 19.1. The van der Waals surface area contributed by atoms with Crippen LogP contribution in [0.15, 0.2) is 78.9 Å². The summed E-state index contributed by atoms with van der Waals surface area (Å²) in [6.45, 7) is 5.98. The van der Waals surface area contributed by atoms with Gasteiger partial charge in [0.2, 0.25) is 0 Å². The summed E-state index contributed by atoms with van der Waals surface area (Å²) in [5.74, 6) is 0.552. The molecule has 0 radical (unpaired) electrons. The Hall–Kier alpha value is -4.01. The summed E-state index contributed by atoms with van der Waals surface area (Å²) in [6.07, 6.45) is 3.79. The monoisotopic (exact) mass is 472 g/mol. The number of anilines is 1. The summed E-state index contributed by atoms with van der Waals surface area (Å²) < 4.78 is 11.7. The highest BCUT2D eigenvalue weighted by molar-refractivity contribution is 6.31. The van der Waals surface area contributed by atoms with E-state index in [-0.39, 0.29) is 12.2 Å². The van der Waals surface area contributed by atoms with Crippen molar-refractivity contribution in [3.05, 3.63) is 106 Å². The van der Waals surface area contributed by atoms with E-state index < -0.39 is 5.91 Å². The van der Waals surface area contributed by atoms with Gasteiger partial charge in [-0.05, 0) is 54.8 Å². The van der Waals surface area contributed by atoms with Gasteiger partial charge in [-0.1, -0.05) is 54.1 Å². The third kappa shape index (κ3) is 6.06. The van der Waals surface area contributed by atoms with Crippen LogP contribution < -0.4 is 14.8 Å². The van der Waals surface area contributed by atoms with E-state index in [2.05, 4.69) is 11.9 Å².